The molecule has 0 aliphatic carbocycles. The Morgan fingerprint density at radius 1 is 1.25 bits per heavy atom. The molecule has 20 heavy (non-hydrogen) atoms. The molecule has 0 aromatic carbocycles. The molecule has 0 aliphatic rings. The van der Waals surface area contributed by atoms with Gasteiger partial charge < -0.3 is 5.32 Å². The summed E-state index contributed by atoms with van der Waals surface area (Å²) in [5.41, 5.74) is 0.994. The van der Waals surface area contributed by atoms with Crippen molar-refractivity contribution in [2.45, 2.75) is 44.7 Å². The van der Waals surface area contributed by atoms with E-state index in [1.165, 1.54) is 4.31 Å². The van der Waals surface area contributed by atoms with E-state index in [4.69, 9.17) is 0 Å². The second-order valence-electron chi connectivity index (χ2n) is 4.86. The molecule has 0 aliphatic heterocycles. The zero-order valence-electron chi connectivity index (χ0n) is 12.6. The third-order valence-electron chi connectivity index (χ3n) is 3.05. The minimum absolute atomic E-state index is 0.121. The molecule has 0 fully saturated rings. The molecule has 0 amide bonds. The van der Waals surface area contributed by atoms with Crippen LogP contribution in [-0.4, -0.2) is 37.8 Å². The number of nitrogens with one attached hydrogen (secondary N) is 1. The van der Waals surface area contributed by atoms with Gasteiger partial charge in [0.25, 0.3) is 10.0 Å². The fourth-order valence-corrected chi connectivity index (χ4v) is 2.85. The lowest BCUT2D eigenvalue weighted by molar-refractivity contribution is 0.456. The highest BCUT2D eigenvalue weighted by atomic mass is 32.2. The fraction of sp³-hybridized carbons (Fsp3) is 0.643. The van der Waals surface area contributed by atoms with E-state index in [2.05, 4.69) is 17.2 Å². The zero-order valence-corrected chi connectivity index (χ0v) is 13.4. The second kappa shape index (κ2) is 8.34. The van der Waals surface area contributed by atoms with Gasteiger partial charge in [-0.3, -0.25) is 0 Å². The van der Waals surface area contributed by atoms with Crippen molar-refractivity contribution in [2.75, 3.05) is 20.1 Å². The maximum absolute atomic E-state index is 12.3. The highest BCUT2D eigenvalue weighted by Crippen LogP contribution is 2.12. The van der Waals surface area contributed by atoms with Crippen molar-refractivity contribution in [3.8, 4) is 0 Å². The number of pyridine rings is 1. The summed E-state index contributed by atoms with van der Waals surface area (Å²) in [6, 6.07) is 3.40. The van der Waals surface area contributed by atoms with Crippen LogP contribution in [-0.2, 0) is 16.6 Å². The maximum atomic E-state index is 12.3. The summed E-state index contributed by atoms with van der Waals surface area (Å²) < 4.78 is 25.9. The van der Waals surface area contributed by atoms with Crippen LogP contribution < -0.4 is 5.32 Å². The van der Waals surface area contributed by atoms with Crippen LogP contribution >= 0.6 is 0 Å². The summed E-state index contributed by atoms with van der Waals surface area (Å²) in [5.74, 6) is 0. The Kier molecular flexibility index (Phi) is 7.12. The highest BCUT2D eigenvalue weighted by Gasteiger charge is 2.21. The molecule has 0 saturated carbocycles. The predicted octanol–water partition coefficient (Wildman–Crippen LogP) is 2.00. The number of unbranched alkanes of at least 4 members (excludes halogenated alkanes) is 1. The Balaban J connectivity index is 2.71. The summed E-state index contributed by atoms with van der Waals surface area (Å²) >= 11 is 0. The minimum Gasteiger partial charge on any atom is -0.313 e. The van der Waals surface area contributed by atoms with Crippen molar-refractivity contribution in [2.24, 2.45) is 0 Å². The van der Waals surface area contributed by atoms with Gasteiger partial charge in [-0.15, -0.1) is 0 Å². The van der Waals surface area contributed by atoms with E-state index in [9.17, 15) is 8.42 Å². The molecule has 0 unspecified atom stereocenters. The lowest BCUT2D eigenvalue weighted by Crippen LogP contribution is -2.28. The third-order valence-corrected chi connectivity index (χ3v) is 4.83. The number of sulfonamides is 1. The van der Waals surface area contributed by atoms with Crippen LogP contribution in [0.15, 0.2) is 23.4 Å². The average molecular weight is 299 g/mol. The molecule has 1 aromatic rings. The number of aromatic nitrogens is 1. The van der Waals surface area contributed by atoms with Crippen LogP contribution in [0.25, 0.3) is 0 Å². The highest BCUT2D eigenvalue weighted by molar-refractivity contribution is 7.89. The van der Waals surface area contributed by atoms with Crippen LogP contribution in [0.4, 0.5) is 0 Å². The SMILES string of the molecule is CCCCN(C)S(=O)(=O)c1ccc(CNCCC)cn1. The van der Waals surface area contributed by atoms with Crippen molar-refractivity contribution in [3.63, 3.8) is 0 Å². The molecule has 5 nitrogen and oxygen atoms in total. The van der Waals surface area contributed by atoms with E-state index in [-0.39, 0.29) is 5.03 Å². The fourth-order valence-electron chi connectivity index (χ4n) is 1.74. The van der Waals surface area contributed by atoms with Crippen molar-refractivity contribution < 1.29 is 8.42 Å². The van der Waals surface area contributed by atoms with Crippen molar-refractivity contribution in [3.05, 3.63) is 23.9 Å². The quantitative estimate of drug-likeness (QED) is 0.709. The van der Waals surface area contributed by atoms with Crippen LogP contribution in [0.1, 0.15) is 38.7 Å². The van der Waals surface area contributed by atoms with E-state index >= 15 is 0 Å². The van der Waals surface area contributed by atoms with E-state index in [0.717, 1.165) is 31.4 Å². The minimum atomic E-state index is -3.45. The number of hydrogen-bond donors (Lipinski definition) is 1. The Hall–Kier alpha value is -0.980. The lowest BCUT2D eigenvalue weighted by atomic mass is 10.3. The first-order valence-corrected chi connectivity index (χ1v) is 8.58. The Morgan fingerprint density at radius 2 is 2.00 bits per heavy atom. The molecular weight excluding hydrogens is 274 g/mol. The first-order valence-electron chi connectivity index (χ1n) is 7.14. The Labute approximate surface area is 122 Å². The summed E-state index contributed by atoms with van der Waals surface area (Å²) in [7, 11) is -1.85. The van der Waals surface area contributed by atoms with Gasteiger partial charge in [0.2, 0.25) is 0 Å². The lowest BCUT2D eigenvalue weighted by Gasteiger charge is -2.16. The molecule has 6 heteroatoms. The third kappa shape index (κ3) is 4.85. The number of hydrogen-bond acceptors (Lipinski definition) is 4. The zero-order chi connectivity index (χ0) is 15.0. The molecule has 1 N–H and O–H groups in total. The molecule has 1 rings (SSSR count). The van der Waals surface area contributed by atoms with Gasteiger partial charge >= 0.3 is 0 Å². The van der Waals surface area contributed by atoms with Crippen molar-refractivity contribution >= 4 is 10.0 Å². The van der Waals surface area contributed by atoms with Crippen LogP contribution in [0.2, 0.25) is 0 Å². The van der Waals surface area contributed by atoms with Gasteiger partial charge in [-0.25, -0.2) is 13.4 Å². The van der Waals surface area contributed by atoms with Crippen LogP contribution in [0, 0.1) is 0 Å². The van der Waals surface area contributed by atoms with Gasteiger partial charge in [0.15, 0.2) is 5.03 Å². The molecule has 0 radical (unpaired) electrons. The topological polar surface area (TPSA) is 62.3 Å². The molecule has 0 saturated heterocycles. The van der Waals surface area contributed by atoms with Crippen molar-refractivity contribution in [1.82, 2.24) is 14.6 Å². The monoisotopic (exact) mass is 299 g/mol. The summed E-state index contributed by atoms with van der Waals surface area (Å²) in [5, 5.41) is 3.38. The van der Waals surface area contributed by atoms with Gasteiger partial charge in [0.05, 0.1) is 0 Å². The molecule has 1 aromatic heterocycles. The number of nitrogens with zero attached hydrogens (tertiary/aromatic N) is 2. The smallest absolute Gasteiger partial charge is 0.260 e. The average Bonchev–Trinajstić information content (AvgIpc) is 2.45. The number of rotatable bonds is 9. The van der Waals surface area contributed by atoms with Crippen LogP contribution in [0.5, 0.6) is 0 Å². The van der Waals surface area contributed by atoms with E-state index in [0.29, 0.717) is 13.1 Å². The predicted molar refractivity (Wildman–Crippen MR) is 81.0 cm³/mol. The van der Waals surface area contributed by atoms with Crippen LogP contribution in [0.3, 0.4) is 0 Å². The second-order valence-corrected chi connectivity index (χ2v) is 6.85. The summed E-state index contributed by atoms with van der Waals surface area (Å²) in [4.78, 5) is 4.09. The Bertz CT molecular complexity index is 486. The van der Waals surface area contributed by atoms with Gasteiger partial charge in [0.1, 0.15) is 0 Å². The normalized spacial score (nSPS) is 12.0. The van der Waals surface area contributed by atoms with Gasteiger partial charge in [0, 0.05) is 26.3 Å². The molecule has 0 spiro atoms. The standard InChI is InChI=1S/C14H25N3O2S/c1-4-6-10-17(3)20(18,19)14-8-7-13(12-16-14)11-15-9-5-2/h7-8,12,15H,4-6,9-11H2,1-3H3. The van der Waals surface area contributed by atoms with Crippen molar-refractivity contribution in [1.29, 1.82) is 0 Å². The van der Waals surface area contributed by atoms with E-state index in [1.54, 1.807) is 19.3 Å². The van der Waals surface area contributed by atoms with Gasteiger partial charge in [-0.1, -0.05) is 26.3 Å². The largest absolute Gasteiger partial charge is 0.313 e. The first kappa shape index (κ1) is 17.1. The summed E-state index contributed by atoms with van der Waals surface area (Å²) in [6.45, 7) is 6.33. The van der Waals surface area contributed by atoms with Gasteiger partial charge in [-0.05, 0) is 31.0 Å². The van der Waals surface area contributed by atoms with Gasteiger partial charge in [-0.2, -0.15) is 4.31 Å². The molecular formula is C14H25N3O2S. The summed E-state index contributed by atoms with van der Waals surface area (Å²) in [6.07, 6.45) is 4.52. The first-order chi connectivity index (χ1) is 9.52. The molecule has 114 valence electrons. The van der Waals surface area contributed by atoms with E-state index in [1.807, 2.05) is 13.0 Å². The van der Waals surface area contributed by atoms with E-state index < -0.39 is 10.0 Å². The molecule has 0 bridgehead atoms. The molecule has 1 heterocycles. The Morgan fingerprint density at radius 3 is 2.55 bits per heavy atom. The maximum Gasteiger partial charge on any atom is 0.260 e. The molecule has 0 atom stereocenters.